The molecule has 0 heterocycles. The Morgan fingerprint density at radius 2 is 1.36 bits per heavy atom. The van der Waals surface area contributed by atoms with Crippen molar-refractivity contribution in [3.63, 3.8) is 0 Å². The average molecular weight is 233 g/mol. The smallest absolute Gasteiger partial charge is 0.186 e. The SMILES string of the molecule is CCO[Si](C)(C)CCCC[Si](C)(C)C. The van der Waals surface area contributed by atoms with E-state index in [1.165, 1.54) is 24.9 Å². The largest absolute Gasteiger partial charge is 0.418 e. The van der Waals surface area contributed by atoms with E-state index in [0.717, 1.165) is 6.61 Å². The molecular weight excluding hydrogens is 204 g/mol. The molecule has 0 saturated carbocycles. The van der Waals surface area contributed by atoms with Gasteiger partial charge in [0.15, 0.2) is 8.32 Å². The van der Waals surface area contributed by atoms with Crippen molar-refractivity contribution in [1.82, 2.24) is 0 Å². The van der Waals surface area contributed by atoms with Crippen molar-refractivity contribution in [2.45, 2.75) is 64.6 Å². The third-order valence-corrected chi connectivity index (χ3v) is 6.97. The molecule has 0 amide bonds. The zero-order chi connectivity index (χ0) is 11.2. The molecule has 0 aliphatic heterocycles. The maximum absolute atomic E-state index is 5.81. The summed E-state index contributed by atoms with van der Waals surface area (Å²) in [6.45, 7) is 15.1. The number of unbranched alkanes of at least 4 members (excludes halogenated alkanes) is 1. The van der Waals surface area contributed by atoms with Gasteiger partial charge >= 0.3 is 0 Å². The Bertz CT molecular complexity index is 150. The molecule has 14 heavy (non-hydrogen) atoms. The van der Waals surface area contributed by atoms with Gasteiger partial charge in [-0.15, -0.1) is 0 Å². The second-order valence-corrected chi connectivity index (χ2v) is 15.9. The molecule has 0 saturated heterocycles. The zero-order valence-electron chi connectivity index (χ0n) is 10.9. The Labute approximate surface area is 92.4 Å². The van der Waals surface area contributed by atoms with Crippen LogP contribution in [0.2, 0.25) is 44.8 Å². The molecule has 0 aliphatic carbocycles. The minimum atomic E-state index is -1.28. The van der Waals surface area contributed by atoms with Gasteiger partial charge in [0.1, 0.15) is 0 Å². The first-order valence-corrected chi connectivity index (χ1v) is 12.7. The maximum Gasteiger partial charge on any atom is 0.186 e. The Kier molecular flexibility index (Phi) is 6.25. The van der Waals surface area contributed by atoms with E-state index < -0.39 is 16.4 Å². The van der Waals surface area contributed by atoms with Crippen LogP contribution in [-0.2, 0) is 4.43 Å². The second-order valence-electron chi connectivity index (χ2n) is 5.96. The number of hydrogen-bond donors (Lipinski definition) is 0. The number of hydrogen-bond acceptors (Lipinski definition) is 1. The summed E-state index contributed by atoms with van der Waals surface area (Å²) in [7, 11) is -2.08. The topological polar surface area (TPSA) is 9.23 Å². The van der Waals surface area contributed by atoms with Crippen LogP contribution in [0.25, 0.3) is 0 Å². The van der Waals surface area contributed by atoms with Crippen LogP contribution < -0.4 is 0 Å². The third kappa shape index (κ3) is 8.97. The van der Waals surface area contributed by atoms with E-state index in [-0.39, 0.29) is 0 Å². The van der Waals surface area contributed by atoms with Gasteiger partial charge in [0.05, 0.1) is 0 Å². The fraction of sp³-hybridized carbons (Fsp3) is 1.00. The van der Waals surface area contributed by atoms with Crippen molar-refractivity contribution in [2.24, 2.45) is 0 Å². The lowest BCUT2D eigenvalue weighted by atomic mass is 10.4. The third-order valence-electron chi connectivity index (χ3n) is 2.49. The highest BCUT2D eigenvalue weighted by molar-refractivity contribution is 6.76. The predicted octanol–water partition coefficient (Wildman–Crippen LogP) is 4.35. The van der Waals surface area contributed by atoms with E-state index in [0.29, 0.717) is 0 Å². The van der Waals surface area contributed by atoms with Crippen molar-refractivity contribution in [1.29, 1.82) is 0 Å². The summed E-state index contributed by atoms with van der Waals surface area (Å²) in [5, 5.41) is 0. The van der Waals surface area contributed by atoms with Crippen molar-refractivity contribution >= 4 is 16.4 Å². The van der Waals surface area contributed by atoms with Crippen molar-refractivity contribution in [3.8, 4) is 0 Å². The van der Waals surface area contributed by atoms with Crippen LogP contribution in [0.3, 0.4) is 0 Å². The van der Waals surface area contributed by atoms with Crippen molar-refractivity contribution in [2.75, 3.05) is 6.61 Å². The van der Waals surface area contributed by atoms with Crippen LogP contribution in [0.1, 0.15) is 19.8 Å². The van der Waals surface area contributed by atoms with Crippen LogP contribution in [0.15, 0.2) is 0 Å². The first-order valence-electron chi connectivity index (χ1n) is 5.91. The van der Waals surface area contributed by atoms with Gasteiger partial charge in [-0.3, -0.25) is 0 Å². The lowest BCUT2D eigenvalue weighted by Gasteiger charge is -2.22. The van der Waals surface area contributed by atoms with E-state index in [2.05, 4.69) is 39.7 Å². The van der Waals surface area contributed by atoms with Crippen molar-refractivity contribution in [3.05, 3.63) is 0 Å². The monoisotopic (exact) mass is 232 g/mol. The maximum atomic E-state index is 5.81. The van der Waals surface area contributed by atoms with Gasteiger partial charge in [0.25, 0.3) is 0 Å². The zero-order valence-corrected chi connectivity index (χ0v) is 12.9. The van der Waals surface area contributed by atoms with Gasteiger partial charge < -0.3 is 4.43 Å². The molecule has 86 valence electrons. The Balaban J connectivity index is 3.54. The predicted molar refractivity (Wildman–Crippen MR) is 71.3 cm³/mol. The minimum Gasteiger partial charge on any atom is -0.418 e. The summed E-state index contributed by atoms with van der Waals surface area (Å²) < 4.78 is 5.81. The highest BCUT2D eigenvalue weighted by Gasteiger charge is 2.21. The molecule has 0 fully saturated rings. The summed E-state index contributed by atoms with van der Waals surface area (Å²) >= 11 is 0. The van der Waals surface area contributed by atoms with E-state index in [9.17, 15) is 0 Å². The van der Waals surface area contributed by atoms with E-state index in [1.807, 2.05) is 0 Å². The molecule has 0 radical (unpaired) electrons. The molecule has 0 unspecified atom stereocenters. The fourth-order valence-corrected chi connectivity index (χ4v) is 5.01. The molecule has 0 aliphatic rings. The summed E-state index contributed by atoms with van der Waals surface area (Å²) in [5.41, 5.74) is 0. The normalized spacial score (nSPS) is 13.3. The molecular formula is C11H28OSi2. The summed E-state index contributed by atoms with van der Waals surface area (Å²) in [6.07, 6.45) is 2.79. The van der Waals surface area contributed by atoms with Gasteiger partial charge in [-0.25, -0.2) is 0 Å². The van der Waals surface area contributed by atoms with Crippen molar-refractivity contribution < 1.29 is 4.43 Å². The molecule has 0 aromatic heterocycles. The molecule has 0 rings (SSSR count). The average Bonchev–Trinajstić information content (AvgIpc) is 1.96. The summed E-state index contributed by atoms with van der Waals surface area (Å²) in [6, 6.07) is 2.81. The van der Waals surface area contributed by atoms with Crippen LogP contribution in [0, 0.1) is 0 Å². The highest BCUT2D eigenvalue weighted by Crippen LogP contribution is 2.19. The van der Waals surface area contributed by atoms with Gasteiger partial charge in [0.2, 0.25) is 0 Å². The van der Waals surface area contributed by atoms with Crippen LogP contribution >= 0.6 is 0 Å². The first-order chi connectivity index (χ1) is 6.27. The molecule has 0 N–H and O–H groups in total. The van der Waals surface area contributed by atoms with Crippen LogP contribution in [-0.4, -0.2) is 23.0 Å². The van der Waals surface area contributed by atoms with Crippen LogP contribution in [0.5, 0.6) is 0 Å². The first kappa shape index (κ1) is 14.4. The molecule has 0 bridgehead atoms. The summed E-state index contributed by atoms with van der Waals surface area (Å²) in [4.78, 5) is 0. The van der Waals surface area contributed by atoms with E-state index in [1.54, 1.807) is 0 Å². The van der Waals surface area contributed by atoms with Crippen LogP contribution in [0.4, 0.5) is 0 Å². The second kappa shape index (κ2) is 6.08. The highest BCUT2D eigenvalue weighted by atomic mass is 28.4. The van der Waals surface area contributed by atoms with Gasteiger partial charge in [-0.05, 0) is 26.1 Å². The minimum absolute atomic E-state index is 0.797. The Morgan fingerprint density at radius 3 is 1.79 bits per heavy atom. The lowest BCUT2D eigenvalue weighted by molar-refractivity contribution is 0.328. The Morgan fingerprint density at radius 1 is 0.857 bits per heavy atom. The standard InChI is InChI=1S/C11H28OSi2/c1-7-12-14(5,6)11-9-8-10-13(2,3)4/h7-11H2,1-6H3. The molecule has 0 atom stereocenters. The molecule has 1 nitrogen and oxygen atoms in total. The molecule has 0 aromatic rings. The quantitative estimate of drug-likeness (QED) is 0.468. The summed E-state index contributed by atoms with van der Waals surface area (Å²) in [5.74, 6) is 0. The Hall–Kier alpha value is 0.394. The molecule has 3 heteroatoms. The molecule has 0 aromatic carbocycles. The lowest BCUT2D eigenvalue weighted by Crippen LogP contribution is -2.30. The van der Waals surface area contributed by atoms with E-state index in [4.69, 9.17) is 4.43 Å². The van der Waals surface area contributed by atoms with Gasteiger partial charge in [-0.2, -0.15) is 0 Å². The molecule has 0 spiro atoms. The fourth-order valence-electron chi connectivity index (χ4n) is 1.67. The van der Waals surface area contributed by atoms with Gasteiger partial charge in [-0.1, -0.05) is 38.5 Å². The number of rotatable bonds is 7. The van der Waals surface area contributed by atoms with Gasteiger partial charge in [0, 0.05) is 14.7 Å². The van der Waals surface area contributed by atoms with E-state index >= 15 is 0 Å².